The Morgan fingerprint density at radius 3 is 2.65 bits per heavy atom. The van der Waals surface area contributed by atoms with E-state index in [9.17, 15) is 9.18 Å². The fourth-order valence-electron chi connectivity index (χ4n) is 2.70. The van der Waals surface area contributed by atoms with Gasteiger partial charge in [-0.05, 0) is 25.1 Å². The zero-order chi connectivity index (χ0) is 18.5. The van der Waals surface area contributed by atoms with E-state index >= 15 is 0 Å². The fourth-order valence-corrected chi connectivity index (χ4v) is 2.90. The van der Waals surface area contributed by atoms with Gasteiger partial charge in [0.25, 0.3) is 0 Å². The summed E-state index contributed by atoms with van der Waals surface area (Å²) in [5.74, 6) is 0.528. The molecule has 1 N–H and O–H groups in total. The molecule has 0 aliphatic carbocycles. The Morgan fingerprint density at radius 2 is 1.96 bits per heavy atom. The molecule has 2 aromatic rings. The summed E-state index contributed by atoms with van der Waals surface area (Å²) in [7, 11) is 0. The van der Waals surface area contributed by atoms with Crippen LogP contribution in [0.3, 0.4) is 0 Å². The van der Waals surface area contributed by atoms with Gasteiger partial charge in [0, 0.05) is 30.8 Å². The lowest BCUT2D eigenvalue weighted by Gasteiger charge is -2.22. The molecule has 0 saturated heterocycles. The smallest absolute Gasteiger partial charge is 0.243 e. The predicted octanol–water partition coefficient (Wildman–Crippen LogP) is 4.11. The molecule has 0 saturated carbocycles. The van der Waals surface area contributed by atoms with Gasteiger partial charge in [-0.2, -0.15) is 0 Å². The van der Waals surface area contributed by atoms with Gasteiger partial charge < -0.3 is 19.7 Å². The molecular formula is C19H20ClFN2O3. The van der Waals surface area contributed by atoms with Gasteiger partial charge in [-0.1, -0.05) is 17.7 Å². The highest BCUT2D eigenvalue weighted by Crippen LogP contribution is 2.37. The van der Waals surface area contributed by atoms with Gasteiger partial charge in [-0.25, -0.2) is 4.39 Å². The second-order valence-corrected chi connectivity index (χ2v) is 6.28. The van der Waals surface area contributed by atoms with Crippen molar-refractivity contribution in [1.29, 1.82) is 0 Å². The maximum atomic E-state index is 13.4. The van der Waals surface area contributed by atoms with Crippen molar-refractivity contribution in [2.75, 3.05) is 36.5 Å². The largest absolute Gasteiger partial charge is 0.490 e. The zero-order valence-electron chi connectivity index (χ0n) is 14.4. The monoisotopic (exact) mass is 378 g/mol. The quantitative estimate of drug-likeness (QED) is 0.850. The number of fused-ring (bicyclic) bond motifs is 1. The number of rotatable bonds is 5. The van der Waals surface area contributed by atoms with Gasteiger partial charge in [0.2, 0.25) is 5.91 Å². The molecule has 0 spiro atoms. The average Bonchev–Trinajstić information content (AvgIpc) is 2.85. The number of anilines is 2. The number of hydrogen-bond donors (Lipinski definition) is 1. The van der Waals surface area contributed by atoms with Gasteiger partial charge in [0.05, 0.1) is 30.5 Å². The minimum absolute atomic E-state index is 0.0741. The third kappa shape index (κ3) is 4.38. The van der Waals surface area contributed by atoms with Gasteiger partial charge in [0.15, 0.2) is 11.5 Å². The van der Waals surface area contributed by atoms with Crippen molar-refractivity contribution >= 4 is 28.9 Å². The molecule has 138 valence electrons. The number of carbonyl (C=O) groups excluding carboxylic acids is 1. The zero-order valence-corrected chi connectivity index (χ0v) is 15.2. The standard InChI is InChI=1S/C19H20ClFN2O3/c1-2-23(14-6-3-5-13(21)9-14)12-19(24)22-16-11-18-17(10-15(16)20)25-7-4-8-26-18/h3,5-6,9-11H,2,4,7-8,12H2,1H3,(H,22,24). The Hall–Kier alpha value is -2.47. The average molecular weight is 379 g/mol. The van der Waals surface area contributed by atoms with Crippen LogP contribution in [0.1, 0.15) is 13.3 Å². The lowest BCUT2D eigenvalue weighted by Crippen LogP contribution is -2.33. The van der Waals surface area contributed by atoms with Crippen LogP contribution in [0, 0.1) is 5.82 Å². The van der Waals surface area contributed by atoms with Crippen molar-refractivity contribution in [3.8, 4) is 11.5 Å². The van der Waals surface area contributed by atoms with Crippen LogP contribution in [-0.2, 0) is 4.79 Å². The topological polar surface area (TPSA) is 50.8 Å². The molecule has 0 unspecified atom stereocenters. The van der Waals surface area contributed by atoms with Crippen LogP contribution >= 0.6 is 11.6 Å². The number of carbonyl (C=O) groups is 1. The summed E-state index contributed by atoms with van der Waals surface area (Å²) in [4.78, 5) is 14.2. The molecule has 2 aromatic carbocycles. The van der Waals surface area contributed by atoms with Crippen molar-refractivity contribution in [1.82, 2.24) is 0 Å². The Morgan fingerprint density at radius 1 is 1.23 bits per heavy atom. The van der Waals surface area contributed by atoms with Crippen LogP contribution in [0.15, 0.2) is 36.4 Å². The SMILES string of the molecule is CCN(CC(=O)Nc1cc2c(cc1Cl)OCCCO2)c1cccc(F)c1. The van der Waals surface area contributed by atoms with E-state index in [1.807, 2.05) is 6.92 Å². The predicted molar refractivity (Wildman–Crippen MR) is 100.0 cm³/mol. The summed E-state index contributed by atoms with van der Waals surface area (Å²) in [6.45, 7) is 3.65. The Labute approximate surface area is 156 Å². The van der Waals surface area contributed by atoms with Crippen molar-refractivity contribution in [2.45, 2.75) is 13.3 Å². The Kier molecular flexibility index (Phi) is 5.83. The van der Waals surface area contributed by atoms with E-state index in [0.717, 1.165) is 6.42 Å². The number of likely N-dealkylation sites (N-methyl/N-ethyl adjacent to an activating group) is 1. The van der Waals surface area contributed by atoms with E-state index < -0.39 is 0 Å². The molecule has 7 heteroatoms. The van der Waals surface area contributed by atoms with E-state index in [2.05, 4.69) is 5.32 Å². The van der Waals surface area contributed by atoms with Gasteiger partial charge >= 0.3 is 0 Å². The molecular weight excluding hydrogens is 359 g/mol. The van der Waals surface area contributed by atoms with Crippen molar-refractivity contribution in [3.05, 3.63) is 47.2 Å². The lowest BCUT2D eigenvalue weighted by atomic mass is 10.2. The maximum Gasteiger partial charge on any atom is 0.243 e. The molecule has 0 radical (unpaired) electrons. The number of hydrogen-bond acceptors (Lipinski definition) is 4. The molecule has 1 aliphatic rings. The number of halogens is 2. The minimum atomic E-state index is -0.340. The second-order valence-electron chi connectivity index (χ2n) is 5.87. The molecule has 5 nitrogen and oxygen atoms in total. The van der Waals surface area contributed by atoms with Crippen molar-refractivity contribution in [3.63, 3.8) is 0 Å². The van der Waals surface area contributed by atoms with Crippen LogP contribution in [0.25, 0.3) is 0 Å². The third-order valence-corrected chi connectivity index (χ3v) is 4.31. The normalized spacial score (nSPS) is 13.0. The molecule has 0 atom stereocenters. The molecule has 1 amide bonds. The van der Waals surface area contributed by atoms with Crippen LogP contribution in [0.4, 0.5) is 15.8 Å². The maximum absolute atomic E-state index is 13.4. The van der Waals surface area contributed by atoms with Gasteiger partial charge in [0.1, 0.15) is 5.82 Å². The number of ether oxygens (including phenoxy) is 2. The first-order valence-corrected chi connectivity index (χ1v) is 8.84. The number of nitrogens with zero attached hydrogens (tertiary/aromatic N) is 1. The van der Waals surface area contributed by atoms with E-state index in [4.69, 9.17) is 21.1 Å². The summed E-state index contributed by atoms with van der Waals surface area (Å²) in [6, 6.07) is 9.46. The number of benzene rings is 2. The molecule has 26 heavy (non-hydrogen) atoms. The van der Waals surface area contributed by atoms with Crippen LogP contribution < -0.4 is 19.7 Å². The van der Waals surface area contributed by atoms with E-state index in [1.165, 1.54) is 12.1 Å². The first kappa shape index (κ1) is 18.3. The molecule has 1 aliphatic heterocycles. The number of nitrogens with one attached hydrogen (secondary N) is 1. The molecule has 0 fully saturated rings. The highest BCUT2D eigenvalue weighted by Gasteiger charge is 2.17. The van der Waals surface area contributed by atoms with E-state index in [-0.39, 0.29) is 18.3 Å². The van der Waals surface area contributed by atoms with Crippen LogP contribution in [-0.4, -0.2) is 32.2 Å². The second kappa shape index (κ2) is 8.27. The van der Waals surface area contributed by atoms with E-state index in [1.54, 1.807) is 29.2 Å². The van der Waals surface area contributed by atoms with Gasteiger partial charge in [-0.3, -0.25) is 4.79 Å². The minimum Gasteiger partial charge on any atom is -0.490 e. The van der Waals surface area contributed by atoms with E-state index in [0.29, 0.717) is 47.7 Å². The molecule has 0 bridgehead atoms. The Balaban J connectivity index is 1.72. The molecule has 0 aromatic heterocycles. The lowest BCUT2D eigenvalue weighted by molar-refractivity contribution is -0.115. The highest BCUT2D eigenvalue weighted by molar-refractivity contribution is 6.34. The fraction of sp³-hybridized carbons (Fsp3) is 0.316. The van der Waals surface area contributed by atoms with Crippen LogP contribution in [0.5, 0.6) is 11.5 Å². The third-order valence-electron chi connectivity index (χ3n) is 4.00. The first-order chi connectivity index (χ1) is 12.6. The van der Waals surface area contributed by atoms with Crippen molar-refractivity contribution < 1.29 is 18.7 Å². The summed E-state index contributed by atoms with van der Waals surface area (Å²) in [5.41, 5.74) is 1.10. The van der Waals surface area contributed by atoms with Crippen molar-refractivity contribution in [2.24, 2.45) is 0 Å². The molecule has 3 rings (SSSR count). The highest BCUT2D eigenvalue weighted by atomic mass is 35.5. The summed E-state index contributed by atoms with van der Waals surface area (Å²) >= 11 is 6.25. The Bertz CT molecular complexity index is 800. The van der Waals surface area contributed by atoms with Crippen LogP contribution in [0.2, 0.25) is 5.02 Å². The summed E-state index contributed by atoms with van der Waals surface area (Å²) in [6.07, 6.45) is 0.785. The summed E-state index contributed by atoms with van der Waals surface area (Å²) in [5, 5.41) is 3.16. The first-order valence-electron chi connectivity index (χ1n) is 8.46. The molecule has 1 heterocycles. The summed E-state index contributed by atoms with van der Waals surface area (Å²) < 4.78 is 24.6. The number of amides is 1. The van der Waals surface area contributed by atoms with Gasteiger partial charge in [-0.15, -0.1) is 0 Å².